The molecular weight excluding hydrogens is 215 g/mol. The highest BCUT2D eigenvalue weighted by Gasteiger charge is 2.18. The van der Waals surface area contributed by atoms with E-state index in [9.17, 15) is 14.0 Å². The van der Waals surface area contributed by atoms with Crippen LogP contribution in [-0.4, -0.2) is 30.6 Å². The van der Waals surface area contributed by atoms with Crippen LogP contribution in [0.4, 0.5) is 10.1 Å². The van der Waals surface area contributed by atoms with Crippen molar-refractivity contribution >= 4 is 17.6 Å². The van der Waals surface area contributed by atoms with E-state index in [0.29, 0.717) is 0 Å². The lowest BCUT2D eigenvalue weighted by atomic mass is 10.1. The van der Waals surface area contributed by atoms with Gasteiger partial charge in [0.15, 0.2) is 0 Å². The molecule has 6 heteroatoms. The van der Waals surface area contributed by atoms with E-state index in [1.807, 2.05) is 0 Å². The Labute approximate surface area is 91.3 Å². The molecule has 0 aromatic heterocycles. The topological polar surface area (TPSA) is 83.6 Å². The van der Waals surface area contributed by atoms with Gasteiger partial charge < -0.3 is 15.7 Å². The molecule has 3 N–H and O–H groups in total. The van der Waals surface area contributed by atoms with Crippen molar-refractivity contribution in [2.24, 2.45) is 5.73 Å². The first-order valence-corrected chi connectivity index (χ1v) is 4.44. The number of hydrogen-bond acceptors (Lipinski definition) is 3. The van der Waals surface area contributed by atoms with Gasteiger partial charge in [-0.1, -0.05) is 6.07 Å². The fourth-order valence-corrected chi connectivity index (χ4v) is 1.39. The van der Waals surface area contributed by atoms with Gasteiger partial charge in [0, 0.05) is 7.05 Å². The maximum Gasteiger partial charge on any atom is 0.337 e. The molecule has 1 rings (SSSR count). The molecule has 0 spiro atoms. The lowest BCUT2D eigenvalue weighted by Crippen LogP contribution is -2.32. The van der Waals surface area contributed by atoms with Crippen LogP contribution in [0.5, 0.6) is 0 Å². The van der Waals surface area contributed by atoms with Gasteiger partial charge in [0.2, 0.25) is 5.91 Å². The van der Waals surface area contributed by atoms with Crippen LogP contribution < -0.4 is 10.6 Å². The van der Waals surface area contributed by atoms with Gasteiger partial charge in [-0.05, 0) is 12.1 Å². The van der Waals surface area contributed by atoms with Crippen molar-refractivity contribution in [2.45, 2.75) is 0 Å². The molecule has 0 bridgehead atoms. The summed E-state index contributed by atoms with van der Waals surface area (Å²) in [6.07, 6.45) is 0. The quantitative estimate of drug-likeness (QED) is 0.780. The molecule has 0 radical (unpaired) electrons. The van der Waals surface area contributed by atoms with Crippen LogP contribution in [0.25, 0.3) is 0 Å². The van der Waals surface area contributed by atoms with Crippen molar-refractivity contribution in [1.82, 2.24) is 0 Å². The molecule has 16 heavy (non-hydrogen) atoms. The summed E-state index contributed by atoms with van der Waals surface area (Å²) in [7, 11) is 1.40. The van der Waals surface area contributed by atoms with Crippen LogP contribution in [0, 0.1) is 5.82 Å². The lowest BCUT2D eigenvalue weighted by molar-refractivity contribution is -0.116. The number of amides is 1. The highest BCUT2D eigenvalue weighted by atomic mass is 19.1. The fourth-order valence-electron chi connectivity index (χ4n) is 1.39. The first kappa shape index (κ1) is 12.0. The molecule has 0 saturated carbocycles. The SMILES string of the molecule is CN(CC(N)=O)c1c(F)cccc1C(=O)O. The van der Waals surface area contributed by atoms with E-state index < -0.39 is 17.7 Å². The van der Waals surface area contributed by atoms with Crippen LogP contribution in [-0.2, 0) is 4.79 Å². The summed E-state index contributed by atoms with van der Waals surface area (Å²) in [5.74, 6) is -2.63. The number of carbonyl (C=O) groups excluding carboxylic acids is 1. The van der Waals surface area contributed by atoms with E-state index in [4.69, 9.17) is 10.8 Å². The Morgan fingerprint density at radius 2 is 2.12 bits per heavy atom. The fraction of sp³-hybridized carbons (Fsp3) is 0.200. The number of nitrogens with two attached hydrogens (primary N) is 1. The number of carboxylic acid groups (broad SMARTS) is 1. The van der Waals surface area contributed by atoms with E-state index in [2.05, 4.69) is 0 Å². The minimum Gasteiger partial charge on any atom is -0.478 e. The van der Waals surface area contributed by atoms with Crippen molar-refractivity contribution < 1.29 is 19.1 Å². The summed E-state index contributed by atoms with van der Waals surface area (Å²) >= 11 is 0. The van der Waals surface area contributed by atoms with Gasteiger partial charge in [0.05, 0.1) is 17.8 Å². The molecule has 0 aliphatic carbocycles. The predicted octanol–water partition coefficient (Wildman–Crippen LogP) is 0.445. The Balaban J connectivity index is 3.19. The zero-order valence-electron chi connectivity index (χ0n) is 8.61. The molecule has 1 aromatic carbocycles. The van der Waals surface area contributed by atoms with Gasteiger partial charge in [0.25, 0.3) is 0 Å². The summed E-state index contributed by atoms with van der Waals surface area (Å²) < 4.78 is 13.5. The Morgan fingerprint density at radius 3 is 2.62 bits per heavy atom. The molecule has 5 nitrogen and oxygen atoms in total. The van der Waals surface area contributed by atoms with Crippen LogP contribution in [0.1, 0.15) is 10.4 Å². The Kier molecular flexibility index (Phi) is 3.44. The molecule has 0 heterocycles. The molecular formula is C10H11FN2O3. The summed E-state index contributed by atoms with van der Waals surface area (Å²) in [5.41, 5.74) is 4.61. The highest BCUT2D eigenvalue weighted by molar-refractivity contribution is 5.95. The van der Waals surface area contributed by atoms with Crippen molar-refractivity contribution in [3.8, 4) is 0 Å². The van der Waals surface area contributed by atoms with Crippen molar-refractivity contribution in [1.29, 1.82) is 0 Å². The maximum atomic E-state index is 13.5. The second kappa shape index (κ2) is 4.61. The van der Waals surface area contributed by atoms with Gasteiger partial charge in [-0.3, -0.25) is 4.79 Å². The smallest absolute Gasteiger partial charge is 0.337 e. The highest BCUT2D eigenvalue weighted by Crippen LogP contribution is 2.23. The van der Waals surface area contributed by atoms with Crippen molar-refractivity contribution in [3.05, 3.63) is 29.6 Å². The number of likely N-dealkylation sites (N-methyl/N-ethyl adjacent to an activating group) is 1. The van der Waals surface area contributed by atoms with E-state index >= 15 is 0 Å². The number of halogens is 1. The monoisotopic (exact) mass is 226 g/mol. The number of carboxylic acids is 1. The van der Waals surface area contributed by atoms with E-state index in [1.165, 1.54) is 24.1 Å². The average Bonchev–Trinajstić information content (AvgIpc) is 2.15. The Morgan fingerprint density at radius 1 is 1.50 bits per heavy atom. The normalized spacial score (nSPS) is 9.88. The number of benzene rings is 1. The minimum atomic E-state index is -1.26. The van der Waals surface area contributed by atoms with Crippen LogP contribution in [0.2, 0.25) is 0 Å². The summed E-state index contributed by atoms with van der Waals surface area (Å²) in [6.45, 7) is -0.249. The third kappa shape index (κ3) is 2.47. The van der Waals surface area contributed by atoms with Gasteiger partial charge in [-0.2, -0.15) is 0 Å². The molecule has 0 fully saturated rings. The van der Waals surface area contributed by atoms with Crippen molar-refractivity contribution in [3.63, 3.8) is 0 Å². The second-order valence-electron chi connectivity index (χ2n) is 3.26. The molecule has 1 amide bonds. The summed E-state index contributed by atoms with van der Waals surface area (Å²) in [4.78, 5) is 22.7. The number of aromatic carboxylic acids is 1. The molecule has 0 atom stereocenters. The van der Waals surface area contributed by atoms with Crippen molar-refractivity contribution in [2.75, 3.05) is 18.5 Å². The largest absolute Gasteiger partial charge is 0.478 e. The number of hydrogen-bond donors (Lipinski definition) is 2. The molecule has 0 saturated heterocycles. The van der Waals surface area contributed by atoms with Gasteiger partial charge in [-0.25, -0.2) is 9.18 Å². The molecule has 0 aliphatic heterocycles. The number of rotatable bonds is 4. The van der Waals surface area contributed by atoms with Crippen LogP contribution >= 0.6 is 0 Å². The standard InChI is InChI=1S/C10H11FN2O3/c1-13(5-8(12)14)9-6(10(15)16)3-2-4-7(9)11/h2-4H,5H2,1H3,(H2,12,14)(H,15,16). The third-order valence-corrected chi connectivity index (χ3v) is 1.99. The first-order valence-electron chi connectivity index (χ1n) is 4.44. The van der Waals surface area contributed by atoms with E-state index in [1.54, 1.807) is 0 Å². The number of primary amides is 1. The Hall–Kier alpha value is -2.11. The maximum absolute atomic E-state index is 13.5. The predicted molar refractivity (Wildman–Crippen MR) is 55.8 cm³/mol. The van der Waals surface area contributed by atoms with Gasteiger partial charge in [0.1, 0.15) is 5.82 Å². The summed E-state index contributed by atoms with van der Waals surface area (Å²) in [5, 5.41) is 8.86. The number of nitrogens with zero attached hydrogens (tertiary/aromatic N) is 1. The number of carbonyl (C=O) groups is 2. The first-order chi connectivity index (χ1) is 7.43. The second-order valence-corrected chi connectivity index (χ2v) is 3.26. The number of para-hydroxylation sites is 1. The van der Waals surface area contributed by atoms with Crippen LogP contribution in [0.15, 0.2) is 18.2 Å². The molecule has 0 aliphatic rings. The zero-order chi connectivity index (χ0) is 12.3. The molecule has 0 unspecified atom stereocenters. The summed E-state index contributed by atoms with van der Waals surface area (Å²) in [6, 6.07) is 3.68. The van der Waals surface area contributed by atoms with Crippen LogP contribution in [0.3, 0.4) is 0 Å². The average molecular weight is 226 g/mol. The Bertz CT molecular complexity index is 434. The molecule has 86 valence electrons. The van der Waals surface area contributed by atoms with E-state index in [0.717, 1.165) is 6.07 Å². The number of anilines is 1. The van der Waals surface area contributed by atoms with Gasteiger partial charge >= 0.3 is 5.97 Å². The van der Waals surface area contributed by atoms with E-state index in [-0.39, 0.29) is 17.8 Å². The van der Waals surface area contributed by atoms with Gasteiger partial charge in [-0.15, -0.1) is 0 Å². The minimum absolute atomic E-state index is 0.145. The zero-order valence-corrected chi connectivity index (χ0v) is 8.61. The lowest BCUT2D eigenvalue weighted by Gasteiger charge is -2.19. The third-order valence-electron chi connectivity index (χ3n) is 1.99. The molecule has 1 aromatic rings.